The lowest BCUT2D eigenvalue weighted by Gasteiger charge is -2.09. The number of ether oxygens (including phenoxy) is 1. The van der Waals surface area contributed by atoms with Crippen LogP contribution in [0.5, 0.6) is 17.5 Å². The first-order valence-electron chi connectivity index (χ1n) is 16.7. The van der Waals surface area contributed by atoms with Gasteiger partial charge in [-0.25, -0.2) is 9.98 Å². The molecule has 260 valence electrons. The van der Waals surface area contributed by atoms with E-state index in [-0.39, 0.29) is 11.8 Å². The molecular weight excluding hydrogens is 653 g/mol. The number of aliphatic imine (C=N–C) groups is 2. The second kappa shape index (κ2) is 14.5. The van der Waals surface area contributed by atoms with Crippen molar-refractivity contribution in [3.63, 3.8) is 0 Å². The molecule has 11 nitrogen and oxygen atoms in total. The van der Waals surface area contributed by atoms with Gasteiger partial charge in [0.25, 0.3) is 0 Å². The summed E-state index contributed by atoms with van der Waals surface area (Å²) in [6.45, 7) is 6.41. The van der Waals surface area contributed by atoms with Gasteiger partial charge in [-0.2, -0.15) is 10.2 Å². The fourth-order valence-corrected chi connectivity index (χ4v) is 6.23. The molecule has 8 rings (SSSR count). The number of aromatic hydroxyl groups is 2. The monoisotopic (exact) mass is 690 g/mol. The van der Waals surface area contributed by atoms with E-state index in [0.29, 0.717) is 22.8 Å². The van der Waals surface area contributed by atoms with Gasteiger partial charge < -0.3 is 24.9 Å². The number of nitrogens with zero attached hydrogens (tertiary/aromatic N) is 4. The maximum atomic E-state index is 10.1. The molecule has 0 radical (unpaired) electrons. The normalized spacial score (nSPS) is 11.5. The summed E-state index contributed by atoms with van der Waals surface area (Å²) < 4.78 is 5.37. The van der Waals surface area contributed by atoms with Crippen LogP contribution in [0.15, 0.2) is 107 Å². The van der Waals surface area contributed by atoms with Gasteiger partial charge in [0, 0.05) is 64.0 Å². The second-order valence-electron chi connectivity index (χ2n) is 12.5. The molecule has 11 heteroatoms. The van der Waals surface area contributed by atoms with Gasteiger partial charge in [0.15, 0.2) is 23.4 Å². The van der Waals surface area contributed by atoms with Gasteiger partial charge in [0.05, 0.1) is 23.9 Å². The summed E-state index contributed by atoms with van der Waals surface area (Å²) in [5.41, 5.74) is 10.9. The first-order valence-corrected chi connectivity index (χ1v) is 16.7. The minimum absolute atomic E-state index is 0.0884. The highest BCUT2D eigenvalue weighted by molar-refractivity contribution is 6.03. The highest BCUT2D eigenvalue weighted by Crippen LogP contribution is 2.31. The number of para-hydroxylation sites is 3. The molecule has 0 aliphatic carbocycles. The molecule has 4 heterocycles. The lowest BCUT2D eigenvalue weighted by atomic mass is 9.97. The summed E-state index contributed by atoms with van der Waals surface area (Å²) in [6.07, 6.45) is 4.04. The third-order valence-corrected chi connectivity index (χ3v) is 8.98. The lowest BCUT2D eigenvalue weighted by Crippen LogP contribution is -1.96. The van der Waals surface area contributed by atoms with Crippen molar-refractivity contribution in [1.82, 2.24) is 30.4 Å². The lowest BCUT2D eigenvalue weighted by molar-refractivity contribution is 0.416. The quantitative estimate of drug-likeness (QED) is 0.0876. The van der Waals surface area contributed by atoms with Crippen molar-refractivity contribution in [2.24, 2.45) is 9.98 Å². The second-order valence-corrected chi connectivity index (χ2v) is 12.5. The van der Waals surface area contributed by atoms with E-state index in [9.17, 15) is 10.2 Å². The largest absolute Gasteiger partial charge is 0.496 e. The number of fused-ring (bicyclic) bond motifs is 2. The van der Waals surface area contributed by atoms with Gasteiger partial charge in [-0.3, -0.25) is 10.2 Å². The van der Waals surface area contributed by atoms with Crippen molar-refractivity contribution in [2.45, 2.75) is 27.2 Å². The fraction of sp³-hybridized carbons (Fsp3) is 0.122. The van der Waals surface area contributed by atoms with Crippen molar-refractivity contribution in [3.05, 3.63) is 136 Å². The molecular formula is C41H38N8O3. The van der Waals surface area contributed by atoms with Gasteiger partial charge in [0.2, 0.25) is 0 Å². The van der Waals surface area contributed by atoms with Crippen LogP contribution in [0.4, 0.5) is 11.6 Å². The predicted molar refractivity (Wildman–Crippen MR) is 207 cm³/mol. The third-order valence-electron chi connectivity index (χ3n) is 8.98. The van der Waals surface area contributed by atoms with Crippen LogP contribution in [0.3, 0.4) is 0 Å². The van der Waals surface area contributed by atoms with Crippen molar-refractivity contribution < 1.29 is 14.9 Å². The average molecular weight is 691 g/mol. The number of aromatic nitrogens is 6. The van der Waals surface area contributed by atoms with Crippen LogP contribution < -0.4 is 4.74 Å². The molecule has 0 fully saturated rings. The number of hydrogen-bond donors (Lipinski definition) is 6. The van der Waals surface area contributed by atoms with Crippen LogP contribution in [0, 0.1) is 20.8 Å². The fourth-order valence-electron chi connectivity index (χ4n) is 6.23. The summed E-state index contributed by atoms with van der Waals surface area (Å²) in [4.78, 5) is 14.7. The molecule has 0 saturated heterocycles. The minimum atomic E-state index is 0.0884. The Kier molecular flexibility index (Phi) is 9.40. The molecule has 4 aromatic carbocycles. The molecule has 4 aromatic heterocycles. The van der Waals surface area contributed by atoms with Gasteiger partial charge in [0.1, 0.15) is 5.75 Å². The summed E-state index contributed by atoms with van der Waals surface area (Å²) in [6, 6.07) is 31.3. The summed E-state index contributed by atoms with van der Waals surface area (Å²) in [5, 5.41) is 36.6. The molecule has 0 bridgehead atoms. The van der Waals surface area contributed by atoms with E-state index < -0.39 is 0 Å². The van der Waals surface area contributed by atoms with Crippen LogP contribution >= 0.6 is 0 Å². The van der Waals surface area contributed by atoms with E-state index in [1.165, 1.54) is 22.3 Å². The molecule has 0 saturated carbocycles. The predicted octanol–water partition coefficient (Wildman–Crippen LogP) is 8.89. The molecule has 0 aliphatic heterocycles. The Hall–Kier alpha value is -6.88. The number of aromatic amines is 4. The zero-order chi connectivity index (χ0) is 36.2. The first kappa shape index (κ1) is 33.6. The summed E-state index contributed by atoms with van der Waals surface area (Å²) in [5.74, 6) is 2.07. The molecule has 6 N–H and O–H groups in total. The number of hydrogen-bond acceptors (Lipinski definition) is 7. The Labute approximate surface area is 299 Å². The smallest absolute Gasteiger partial charge is 0.198 e. The number of nitrogens with one attached hydrogen (secondary N) is 4. The maximum absolute atomic E-state index is 10.1. The van der Waals surface area contributed by atoms with Crippen molar-refractivity contribution in [3.8, 4) is 28.8 Å². The number of benzene rings is 4. The highest BCUT2D eigenvalue weighted by atomic mass is 16.5. The van der Waals surface area contributed by atoms with E-state index >= 15 is 0 Å². The standard InChI is InChI=1S/C22H22N4O.C19H16N4O2/c1-13-8-14(2)15(3)16(9-13)10-17-11-21(26-25-17)23-12-19-18-6-4-5-7-20(18)24-22(19)27;1-25-17-9-5-3-7-13(17)16-10-18(23-22-16)20-11-14-12-6-2-4-8-15(12)21-19(14)24/h4-9,11-12,24,27H,10H2,1-3H3,(H,25,26);2-11,21,24H,1H3,(H,22,23). The Morgan fingerprint density at radius 1 is 0.692 bits per heavy atom. The summed E-state index contributed by atoms with van der Waals surface area (Å²) >= 11 is 0. The molecule has 0 amide bonds. The van der Waals surface area contributed by atoms with E-state index in [1.807, 2.05) is 84.9 Å². The Morgan fingerprint density at radius 3 is 1.92 bits per heavy atom. The zero-order valence-corrected chi connectivity index (χ0v) is 29.2. The van der Waals surface area contributed by atoms with Gasteiger partial charge in [-0.05, 0) is 61.7 Å². The Balaban J connectivity index is 0.000000162. The maximum Gasteiger partial charge on any atom is 0.198 e. The number of H-pyrrole nitrogens is 4. The minimum Gasteiger partial charge on any atom is -0.496 e. The van der Waals surface area contributed by atoms with E-state index in [1.54, 1.807) is 19.5 Å². The SMILES string of the molecule is COc1ccccc1-c1cc(N=Cc2c(O)[nH]c3ccccc23)n[nH]1.Cc1cc(C)c(C)c(Cc2cc(N=Cc3c(O)[nH]c4ccccc34)n[nH]2)c1. The van der Waals surface area contributed by atoms with Crippen molar-refractivity contribution >= 4 is 45.9 Å². The average Bonchev–Trinajstić information content (AvgIpc) is 3.94. The third kappa shape index (κ3) is 7.06. The van der Waals surface area contributed by atoms with E-state index in [4.69, 9.17) is 4.74 Å². The first-order chi connectivity index (χ1) is 25.3. The van der Waals surface area contributed by atoms with Crippen LogP contribution in [0.25, 0.3) is 33.1 Å². The van der Waals surface area contributed by atoms with Crippen LogP contribution in [0.1, 0.15) is 39.1 Å². The van der Waals surface area contributed by atoms with Gasteiger partial charge in [-0.15, -0.1) is 0 Å². The van der Waals surface area contributed by atoms with Crippen molar-refractivity contribution in [2.75, 3.05) is 7.11 Å². The topological polar surface area (TPSA) is 163 Å². The zero-order valence-electron chi connectivity index (χ0n) is 29.2. The van der Waals surface area contributed by atoms with Crippen LogP contribution in [-0.4, -0.2) is 60.1 Å². The van der Waals surface area contributed by atoms with Crippen LogP contribution in [-0.2, 0) is 6.42 Å². The molecule has 0 spiro atoms. The van der Waals surface area contributed by atoms with Gasteiger partial charge >= 0.3 is 0 Å². The summed E-state index contributed by atoms with van der Waals surface area (Å²) in [7, 11) is 1.63. The number of rotatable bonds is 8. The van der Waals surface area contributed by atoms with E-state index in [2.05, 4.69) is 73.3 Å². The molecule has 0 unspecified atom stereocenters. The Bertz CT molecular complexity index is 2570. The van der Waals surface area contributed by atoms with E-state index in [0.717, 1.165) is 50.9 Å². The molecule has 8 aromatic rings. The molecule has 0 aliphatic rings. The Morgan fingerprint density at radius 2 is 1.27 bits per heavy atom. The van der Waals surface area contributed by atoms with Gasteiger partial charge in [-0.1, -0.05) is 66.2 Å². The molecule has 52 heavy (non-hydrogen) atoms. The number of aryl methyl sites for hydroxylation is 2. The highest BCUT2D eigenvalue weighted by Gasteiger charge is 2.12. The van der Waals surface area contributed by atoms with Crippen molar-refractivity contribution in [1.29, 1.82) is 0 Å². The molecule has 0 atom stereocenters. The van der Waals surface area contributed by atoms with Crippen LogP contribution in [0.2, 0.25) is 0 Å². The number of methoxy groups -OCH3 is 1.